The number of amides is 4. The number of hydrogen-bond acceptors (Lipinski definition) is 5. The van der Waals surface area contributed by atoms with Gasteiger partial charge in [0.05, 0.1) is 17.9 Å². The van der Waals surface area contributed by atoms with E-state index in [1.165, 1.54) is 0 Å². The molecule has 0 heterocycles. The first-order valence-electron chi connectivity index (χ1n) is 11.2. The lowest BCUT2D eigenvalue weighted by molar-refractivity contribution is -0.132. The van der Waals surface area contributed by atoms with Crippen LogP contribution in [0.15, 0.2) is 12.3 Å². The normalized spacial score (nSPS) is 12.4. The zero-order chi connectivity index (χ0) is 25.7. The zero-order valence-electron chi connectivity index (χ0n) is 20.6. The van der Waals surface area contributed by atoms with Gasteiger partial charge in [-0.2, -0.15) is 0 Å². The van der Waals surface area contributed by atoms with Crippen LogP contribution in [-0.4, -0.2) is 53.7 Å². The monoisotopic (exact) mass is 532 g/mol. The summed E-state index contributed by atoms with van der Waals surface area (Å²) >= 11 is 3.30. The van der Waals surface area contributed by atoms with Gasteiger partial charge in [-0.15, -0.1) is 0 Å². The third kappa shape index (κ3) is 15.4. The summed E-state index contributed by atoms with van der Waals surface area (Å²) in [7, 11) is 0. The van der Waals surface area contributed by atoms with Crippen molar-refractivity contribution in [1.29, 1.82) is 0 Å². The minimum Gasteiger partial charge on any atom is -0.492 e. The quantitative estimate of drug-likeness (QED) is 0.137. The average Bonchev–Trinajstić information content (AvgIpc) is 2.70. The maximum Gasteiger partial charge on any atom is 0.312 e. The Kier molecular flexibility index (Phi) is 14.0. The lowest BCUT2D eigenvalue weighted by Crippen LogP contribution is -2.49. The fraction of sp³-hybridized carbons (Fsp3) is 0.739. The summed E-state index contributed by atoms with van der Waals surface area (Å²) in [5.41, 5.74) is 4.04. The first kappa shape index (κ1) is 30.9. The van der Waals surface area contributed by atoms with Gasteiger partial charge in [-0.05, 0) is 46.0 Å². The maximum atomic E-state index is 12.7. The average molecular weight is 534 g/mol. The largest absolute Gasteiger partial charge is 0.492 e. The van der Waals surface area contributed by atoms with Crippen LogP contribution in [-0.2, 0) is 19.1 Å². The van der Waals surface area contributed by atoms with Gasteiger partial charge in [-0.1, -0.05) is 43.3 Å². The number of carbonyl (C=O) groups is 4. The van der Waals surface area contributed by atoms with Crippen molar-refractivity contribution in [2.24, 2.45) is 11.1 Å². The standard InChI is InChI=1S/C23H41BrN4O5/c1-16(14-24)33-23(5,6)12-8-7-11-18(29)27-15-19(30)28-17(20(31)22(2,3)4)10-9-13-26-21(25)32/h17H,1,7-15H2,2-6H3,(H,27,29)(H,28,30)(H3,25,26,32)/t17-/m0/s1. The molecule has 0 aliphatic carbocycles. The molecule has 190 valence electrons. The van der Waals surface area contributed by atoms with E-state index < -0.39 is 23.4 Å². The minimum atomic E-state index is -0.708. The summed E-state index contributed by atoms with van der Waals surface area (Å²) < 4.78 is 5.75. The highest BCUT2D eigenvalue weighted by Crippen LogP contribution is 2.22. The predicted octanol–water partition coefficient (Wildman–Crippen LogP) is 2.92. The Hall–Kier alpha value is -2.10. The highest BCUT2D eigenvalue weighted by molar-refractivity contribution is 9.09. The number of primary amides is 1. The molecule has 10 heteroatoms. The summed E-state index contributed by atoms with van der Waals surface area (Å²) in [6.45, 7) is 13.2. The van der Waals surface area contributed by atoms with E-state index in [4.69, 9.17) is 10.5 Å². The number of alkyl halides is 1. The summed E-state index contributed by atoms with van der Waals surface area (Å²) in [5.74, 6) is -0.112. The fourth-order valence-electron chi connectivity index (χ4n) is 3.13. The second kappa shape index (κ2) is 14.9. The van der Waals surface area contributed by atoms with Crippen LogP contribution in [0.3, 0.4) is 0 Å². The molecule has 0 aliphatic rings. The van der Waals surface area contributed by atoms with E-state index in [1.54, 1.807) is 20.8 Å². The molecule has 0 bridgehead atoms. The Labute approximate surface area is 206 Å². The number of halogens is 1. The summed E-state index contributed by atoms with van der Waals surface area (Å²) in [6, 6.07) is -1.35. The molecular weight excluding hydrogens is 492 g/mol. The number of rotatable bonds is 16. The highest BCUT2D eigenvalue weighted by Gasteiger charge is 2.30. The molecule has 33 heavy (non-hydrogen) atoms. The van der Waals surface area contributed by atoms with Crippen molar-refractivity contribution in [3.63, 3.8) is 0 Å². The Bertz CT molecular complexity index is 689. The topological polar surface area (TPSA) is 140 Å². The smallest absolute Gasteiger partial charge is 0.312 e. The molecule has 4 amide bonds. The number of ketones is 1. The molecular formula is C23H41BrN4O5. The maximum absolute atomic E-state index is 12.7. The molecule has 1 atom stereocenters. The molecule has 0 aromatic heterocycles. The lowest BCUT2D eigenvalue weighted by atomic mass is 9.85. The lowest BCUT2D eigenvalue weighted by Gasteiger charge is -2.27. The third-order valence-electron chi connectivity index (χ3n) is 4.81. The highest BCUT2D eigenvalue weighted by atomic mass is 79.9. The Morgan fingerprint density at radius 1 is 1.00 bits per heavy atom. The molecule has 0 unspecified atom stereocenters. The number of hydrogen-bond donors (Lipinski definition) is 4. The van der Waals surface area contributed by atoms with Crippen molar-refractivity contribution in [2.75, 3.05) is 18.4 Å². The number of Topliss-reactive ketones (excluding diaryl/α,β-unsaturated/α-hetero) is 1. The predicted molar refractivity (Wildman–Crippen MR) is 133 cm³/mol. The van der Waals surface area contributed by atoms with Crippen LogP contribution in [0.25, 0.3) is 0 Å². The summed E-state index contributed by atoms with van der Waals surface area (Å²) in [6.07, 6.45) is 3.36. The van der Waals surface area contributed by atoms with Crippen molar-refractivity contribution in [1.82, 2.24) is 16.0 Å². The molecule has 0 rings (SSSR count). The van der Waals surface area contributed by atoms with Crippen molar-refractivity contribution < 1.29 is 23.9 Å². The van der Waals surface area contributed by atoms with Gasteiger partial charge in [0.25, 0.3) is 0 Å². The number of unbranched alkanes of at least 4 members (excludes halogenated alkanes) is 1. The first-order valence-corrected chi connectivity index (χ1v) is 12.4. The van der Waals surface area contributed by atoms with Gasteiger partial charge in [0, 0.05) is 18.4 Å². The van der Waals surface area contributed by atoms with Gasteiger partial charge in [0.1, 0.15) is 11.4 Å². The second-order valence-electron chi connectivity index (χ2n) is 9.69. The number of carbonyl (C=O) groups excluding carboxylic acids is 4. The van der Waals surface area contributed by atoms with E-state index >= 15 is 0 Å². The Morgan fingerprint density at radius 2 is 1.64 bits per heavy atom. The van der Waals surface area contributed by atoms with Crippen molar-refractivity contribution in [3.05, 3.63) is 12.3 Å². The van der Waals surface area contributed by atoms with Crippen molar-refractivity contribution in [3.8, 4) is 0 Å². The van der Waals surface area contributed by atoms with Crippen LogP contribution >= 0.6 is 15.9 Å². The molecule has 0 aliphatic heterocycles. The summed E-state index contributed by atoms with van der Waals surface area (Å²) in [5, 5.41) is 8.34. The number of ether oxygens (including phenoxy) is 1. The molecule has 9 nitrogen and oxygen atoms in total. The van der Waals surface area contributed by atoms with E-state index in [-0.39, 0.29) is 23.8 Å². The third-order valence-corrected chi connectivity index (χ3v) is 5.43. The van der Waals surface area contributed by atoms with Crippen LogP contribution in [0.5, 0.6) is 0 Å². The van der Waals surface area contributed by atoms with Gasteiger partial charge in [0.15, 0.2) is 5.78 Å². The number of urea groups is 1. The van der Waals surface area contributed by atoms with Gasteiger partial charge in [-0.3, -0.25) is 14.4 Å². The van der Waals surface area contributed by atoms with Gasteiger partial charge in [-0.25, -0.2) is 4.79 Å². The Balaban J connectivity index is 4.44. The molecule has 0 fully saturated rings. The molecule has 0 radical (unpaired) electrons. The minimum absolute atomic E-state index is 0.117. The SMILES string of the molecule is C=C(CBr)OC(C)(C)CCCCC(=O)NCC(=O)N[C@@H](CCCNC(N)=O)C(=O)C(C)(C)C. The van der Waals surface area contributed by atoms with Gasteiger partial charge >= 0.3 is 6.03 Å². The molecule has 0 saturated carbocycles. The van der Waals surface area contributed by atoms with Crippen LogP contribution < -0.4 is 21.7 Å². The Morgan fingerprint density at radius 3 is 2.18 bits per heavy atom. The number of allylic oxidation sites excluding steroid dienone is 1. The molecule has 0 saturated heterocycles. The fourth-order valence-corrected chi connectivity index (χ4v) is 3.24. The van der Waals surface area contributed by atoms with Crippen LogP contribution in [0.4, 0.5) is 4.79 Å². The molecule has 0 spiro atoms. The van der Waals surface area contributed by atoms with E-state index in [0.29, 0.717) is 43.3 Å². The van der Waals surface area contributed by atoms with Crippen LogP contribution in [0.2, 0.25) is 0 Å². The number of nitrogens with one attached hydrogen (secondary N) is 3. The molecule has 5 N–H and O–H groups in total. The molecule has 0 aromatic rings. The van der Waals surface area contributed by atoms with E-state index in [9.17, 15) is 19.2 Å². The summed E-state index contributed by atoms with van der Waals surface area (Å²) in [4.78, 5) is 47.9. The molecule has 0 aromatic carbocycles. The van der Waals surface area contributed by atoms with Gasteiger partial charge in [0.2, 0.25) is 11.8 Å². The van der Waals surface area contributed by atoms with E-state index in [1.807, 2.05) is 13.8 Å². The van der Waals surface area contributed by atoms with E-state index in [2.05, 4.69) is 38.5 Å². The van der Waals surface area contributed by atoms with Crippen molar-refractivity contribution >= 4 is 39.6 Å². The second-order valence-corrected chi connectivity index (χ2v) is 10.2. The zero-order valence-corrected chi connectivity index (χ0v) is 22.2. The first-order chi connectivity index (χ1) is 15.2. The van der Waals surface area contributed by atoms with E-state index in [0.717, 1.165) is 12.8 Å². The van der Waals surface area contributed by atoms with Crippen molar-refractivity contribution in [2.45, 2.75) is 84.8 Å². The van der Waals surface area contributed by atoms with Gasteiger partial charge < -0.3 is 26.4 Å². The number of nitrogens with two attached hydrogens (primary N) is 1. The van der Waals surface area contributed by atoms with Crippen LogP contribution in [0.1, 0.15) is 73.1 Å². The van der Waals surface area contributed by atoms with Crippen LogP contribution in [0, 0.1) is 5.41 Å².